The second kappa shape index (κ2) is 5.85. The van der Waals surface area contributed by atoms with Crippen LogP contribution >= 0.6 is 11.3 Å². The molecule has 0 radical (unpaired) electrons. The first-order chi connectivity index (χ1) is 10.8. The highest BCUT2D eigenvalue weighted by Crippen LogP contribution is 2.37. The van der Waals surface area contributed by atoms with Gasteiger partial charge in [-0.3, -0.25) is 5.43 Å². The van der Waals surface area contributed by atoms with E-state index in [-0.39, 0.29) is 0 Å². The highest BCUT2D eigenvalue weighted by molar-refractivity contribution is 7.19. The summed E-state index contributed by atoms with van der Waals surface area (Å²) in [6.07, 6.45) is 9.96. The fourth-order valence-corrected chi connectivity index (χ4v) is 4.52. The normalized spacial score (nSPS) is 21.3. The SMILES string of the molecule is C[NH+]1CC=C(NNc2ncnc3sc4c(c23)CCCC4)CC1. The minimum atomic E-state index is 0.927. The summed E-state index contributed by atoms with van der Waals surface area (Å²) in [5.41, 5.74) is 9.43. The van der Waals surface area contributed by atoms with E-state index in [4.69, 9.17) is 0 Å². The Hall–Kier alpha value is -1.66. The van der Waals surface area contributed by atoms with E-state index in [1.807, 2.05) is 11.3 Å². The lowest BCUT2D eigenvalue weighted by Crippen LogP contribution is -3.09. The number of rotatable bonds is 3. The van der Waals surface area contributed by atoms with Crippen molar-refractivity contribution in [2.24, 2.45) is 0 Å². The Kier molecular flexibility index (Phi) is 3.72. The minimum absolute atomic E-state index is 0.927. The van der Waals surface area contributed by atoms with Crippen LogP contribution in [0.2, 0.25) is 0 Å². The maximum absolute atomic E-state index is 4.48. The molecule has 2 aliphatic rings. The third-order valence-corrected chi connectivity index (χ3v) is 5.81. The van der Waals surface area contributed by atoms with Gasteiger partial charge >= 0.3 is 0 Å². The van der Waals surface area contributed by atoms with E-state index in [0.717, 1.165) is 30.0 Å². The van der Waals surface area contributed by atoms with Crippen LogP contribution in [0.1, 0.15) is 29.7 Å². The molecule has 2 aromatic rings. The number of likely N-dealkylation sites (N-methyl/N-ethyl adjacent to an activating group) is 1. The maximum atomic E-state index is 4.48. The second-order valence-electron chi connectivity index (χ2n) is 6.25. The topological polar surface area (TPSA) is 54.3 Å². The first-order valence-electron chi connectivity index (χ1n) is 8.09. The summed E-state index contributed by atoms with van der Waals surface area (Å²) in [5, 5.41) is 1.23. The lowest BCUT2D eigenvalue weighted by atomic mass is 9.97. The zero-order chi connectivity index (χ0) is 14.9. The lowest BCUT2D eigenvalue weighted by Gasteiger charge is -2.21. The summed E-state index contributed by atoms with van der Waals surface area (Å²) in [4.78, 5) is 13.1. The molecule has 1 atom stereocenters. The van der Waals surface area contributed by atoms with Gasteiger partial charge in [-0.15, -0.1) is 11.3 Å². The molecule has 1 aliphatic heterocycles. The van der Waals surface area contributed by atoms with E-state index in [9.17, 15) is 0 Å². The molecular formula is C16H22N5S+. The first-order valence-corrected chi connectivity index (χ1v) is 8.90. The van der Waals surface area contributed by atoms with Crippen molar-refractivity contribution in [1.82, 2.24) is 15.4 Å². The zero-order valence-corrected chi connectivity index (χ0v) is 13.7. The van der Waals surface area contributed by atoms with Gasteiger partial charge in [0.05, 0.1) is 25.5 Å². The van der Waals surface area contributed by atoms with Crippen LogP contribution in [0.5, 0.6) is 0 Å². The van der Waals surface area contributed by atoms with Crippen molar-refractivity contribution in [2.75, 3.05) is 25.6 Å². The number of hydrogen-bond donors (Lipinski definition) is 3. The number of nitrogens with zero attached hydrogens (tertiary/aromatic N) is 2. The van der Waals surface area contributed by atoms with Crippen molar-refractivity contribution in [2.45, 2.75) is 32.1 Å². The summed E-state index contributed by atoms with van der Waals surface area (Å²) in [5.74, 6) is 0.927. The Morgan fingerprint density at radius 1 is 1.14 bits per heavy atom. The number of fused-ring (bicyclic) bond motifs is 3. The largest absolute Gasteiger partial charge is 0.334 e. The van der Waals surface area contributed by atoms with Gasteiger partial charge in [-0.2, -0.15) is 0 Å². The van der Waals surface area contributed by atoms with Gasteiger partial charge in [0.15, 0.2) is 5.82 Å². The number of aromatic nitrogens is 2. The molecule has 0 fully saturated rings. The number of hydrogen-bond acceptors (Lipinski definition) is 5. The molecule has 0 saturated carbocycles. The molecule has 0 aromatic carbocycles. The van der Waals surface area contributed by atoms with Crippen molar-refractivity contribution in [3.63, 3.8) is 0 Å². The molecule has 0 spiro atoms. The summed E-state index contributed by atoms with van der Waals surface area (Å²) < 4.78 is 0. The van der Waals surface area contributed by atoms with Crippen molar-refractivity contribution in [3.05, 3.63) is 28.5 Å². The van der Waals surface area contributed by atoms with Gasteiger partial charge in [0.2, 0.25) is 0 Å². The molecule has 0 bridgehead atoms. The maximum Gasteiger partial charge on any atom is 0.156 e. The Morgan fingerprint density at radius 3 is 2.91 bits per heavy atom. The van der Waals surface area contributed by atoms with Gasteiger partial charge in [-0.05, 0) is 37.3 Å². The predicted molar refractivity (Wildman–Crippen MR) is 90.1 cm³/mol. The summed E-state index contributed by atoms with van der Waals surface area (Å²) >= 11 is 1.84. The van der Waals surface area contributed by atoms with Gasteiger partial charge in [-0.25, -0.2) is 9.97 Å². The Bertz CT molecular complexity index is 721. The van der Waals surface area contributed by atoms with Gasteiger partial charge < -0.3 is 10.3 Å². The number of nitrogens with one attached hydrogen (secondary N) is 3. The average Bonchev–Trinajstić information content (AvgIpc) is 2.93. The Labute approximate surface area is 134 Å². The van der Waals surface area contributed by atoms with Crippen LogP contribution in [-0.4, -0.2) is 30.1 Å². The van der Waals surface area contributed by atoms with Crippen molar-refractivity contribution < 1.29 is 4.90 Å². The van der Waals surface area contributed by atoms with E-state index in [1.54, 1.807) is 11.2 Å². The number of hydrazine groups is 1. The van der Waals surface area contributed by atoms with Crippen LogP contribution in [0.25, 0.3) is 10.2 Å². The number of anilines is 1. The molecule has 0 saturated heterocycles. The smallest absolute Gasteiger partial charge is 0.156 e. The molecule has 3 heterocycles. The number of aryl methyl sites for hydroxylation is 2. The molecule has 5 nitrogen and oxygen atoms in total. The highest BCUT2D eigenvalue weighted by atomic mass is 32.1. The van der Waals surface area contributed by atoms with Gasteiger partial charge in [0.1, 0.15) is 11.2 Å². The monoisotopic (exact) mass is 316 g/mol. The van der Waals surface area contributed by atoms with E-state index < -0.39 is 0 Å². The summed E-state index contributed by atoms with van der Waals surface area (Å²) in [6, 6.07) is 0. The van der Waals surface area contributed by atoms with Crippen LogP contribution in [0.4, 0.5) is 5.82 Å². The molecular weight excluding hydrogens is 294 g/mol. The van der Waals surface area contributed by atoms with Crippen LogP contribution in [0.15, 0.2) is 18.1 Å². The summed E-state index contributed by atoms with van der Waals surface area (Å²) in [6.45, 7) is 2.25. The molecule has 0 amide bonds. The summed E-state index contributed by atoms with van der Waals surface area (Å²) in [7, 11) is 2.23. The third kappa shape index (κ3) is 2.57. The van der Waals surface area contributed by atoms with E-state index in [0.29, 0.717) is 0 Å². The predicted octanol–water partition coefficient (Wildman–Crippen LogP) is 1.29. The van der Waals surface area contributed by atoms with Crippen LogP contribution in [0.3, 0.4) is 0 Å². The van der Waals surface area contributed by atoms with Gasteiger partial charge in [0, 0.05) is 17.0 Å². The van der Waals surface area contributed by atoms with E-state index in [2.05, 4.69) is 33.9 Å². The molecule has 1 unspecified atom stereocenters. The Morgan fingerprint density at radius 2 is 2.05 bits per heavy atom. The average molecular weight is 316 g/mol. The molecule has 4 rings (SSSR count). The molecule has 6 heteroatoms. The molecule has 116 valence electrons. The Balaban J connectivity index is 1.60. The minimum Gasteiger partial charge on any atom is -0.334 e. The molecule has 1 aliphatic carbocycles. The van der Waals surface area contributed by atoms with Crippen LogP contribution < -0.4 is 15.8 Å². The van der Waals surface area contributed by atoms with E-state index in [1.165, 1.54) is 47.3 Å². The zero-order valence-electron chi connectivity index (χ0n) is 12.9. The lowest BCUT2D eigenvalue weighted by molar-refractivity contribution is -0.875. The van der Waals surface area contributed by atoms with Gasteiger partial charge in [-0.1, -0.05) is 0 Å². The fraction of sp³-hybridized carbons (Fsp3) is 0.500. The van der Waals surface area contributed by atoms with Crippen molar-refractivity contribution in [3.8, 4) is 0 Å². The molecule has 3 N–H and O–H groups in total. The highest BCUT2D eigenvalue weighted by Gasteiger charge is 2.20. The van der Waals surface area contributed by atoms with Crippen molar-refractivity contribution >= 4 is 27.4 Å². The fourth-order valence-electron chi connectivity index (χ4n) is 3.29. The quantitative estimate of drug-likeness (QED) is 0.747. The number of quaternary nitrogens is 1. The second-order valence-corrected chi connectivity index (χ2v) is 7.34. The molecule has 2 aromatic heterocycles. The van der Waals surface area contributed by atoms with Crippen molar-refractivity contribution in [1.29, 1.82) is 0 Å². The third-order valence-electron chi connectivity index (χ3n) is 4.61. The van der Waals surface area contributed by atoms with Crippen LogP contribution in [-0.2, 0) is 12.8 Å². The first kappa shape index (κ1) is 14.0. The molecule has 22 heavy (non-hydrogen) atoms. The van der Waals surface area contributed by atoms with Gasteiger partial charge in [0.25, 0.3) is 0 Å². The number of thiophene rings is 1. The standard InChI is InChI=1S/C16H21N5S/c1-21-8-6-11(7-9-21)19-20-15-14-12-4-2-3-5-13(12)22-16(14)18-10-17-15/h6,10,19H,2-5,7-9H2,1H3,(H,17,18,20)/p+1. The van der Waals surface area contributed by atoms with Crippen LogP contribution in [0, 0.1) is 0 Å². The van der Waals surface area contributed by atoms with E-state index >= 15 is 0 Å².